The van der Waals surface area contributed by atoms with Gasteiger partial charge in [-0.05, 0) is 30.3 Å². The fraction of sp³-hybridized carbons (Fsp3) is 0.100. The third-order valence-electron chi connectivity index (χ3n) is 6.70. The van der Waals surface area contributed by atoms with Crippen LogP contribution in [0.4, 0.5) is 5.13 Å². The summed E-state index contributed by atoms with van der Waals surface area (Å²) >= 11 is 1.12. The first-order valence-corrected chi connectivity index (χ1v) is 13.1. The van der Waals surface area contributed by atoms with Crippen LogP contribution in [0.2, 0.25) is 0 Å². The van der Waals surface area contributed by atoms with Gasteiger partial charge in [0.2, 0.25) is 5.78 Å². The van der Waals surface area contributed by atoms with Gasteiger partial charge in [-0.25, -0.2) is 9.78 Å². The van der Waals surface area contributed by atoms with E-state index in [0.717, 1.165) is 16.7 Å². The number of para-hydroxylation sites is 1. The van der Waals surface area contributed by atoms with Gasteiger partial charge in [0.05, 0.1) is 43.7 Å². The van der Waals surface area contributed by atoms with Crippen LogP contribution < -0.4 is 25.2 Å². The number of nitrogens with one attached hydrogen (secondary N) is 1. The lowest BCUT2D eigenvalue weighted by Crippen LogP contribution is -2.24. The molecule has 11 heteroatoms. The summed E-state index contributed by atoms with van der Waals surface area (Å²) in [5.41, 5.74) is 0.800. The molecule has 0 saturated carbocycles. The molecule has 0 radical (unpaired) electrons. The molecule has 2 aromatic heterocycles. The zero-order valence-electron chi connectivity index (χ0n) is 21.9. The van der Waals surface area contributed by atoms with Crippen molar-refractivity contribution in [3.05, 3.63) is 98.2 Å². The molecule has 3 aromatic carbocycles. The van der Waals surface area contributed by atoms with Crippen LogP contribution in [0.1, 0.15) is 42.2 Å². The van der Waals surface area contributed by atoms with E-state index in [-0.39, 0.29) is 50.0 Å². The molecule has 0 bridgehead atoms. The number of aromatic nitrogens is 1. The van der Waals surface area contributed by atoms with E-state index in [2.05, 4.69) is 10.3 Å². The molecule has 2 heterocycles. The molecule has 1 amide bonds. The summed E-state index contributed by atoms with van der Waals surface area (Å²) in [6.45, 7) is 0. The summed E-state index contributed by atoms with van der Waals surface area (Å²) in [7, 11) is 4.17. The number of rotatable bonds is 6. The highest BCUT2D eigenvalue weighted by Crippen LogP contribution is 2.40. The molecule has 10 nitrogen and oxygen atoms in total. The van der Waals surface area contributed by atoms with Gasteiger partial charge < -0.3 is 18.6 Å². The van der Waals surface area contributed by atoms with Crippen LogP contribution in [0, 0.1) is 0 Å². The Hall–Kier alpha value is -5.29. The van der Waals surface area contributed by atoms with E-state index in [0.29, 0.717) is 17.0 Å². The third-order valence-corrected chi connectivity index (χ3v) is 7.46. The lowest BCUT2D eigenvalue weighted by molar-refractivity contribution is 0.0972. The van der Waals surface area contributed by atoms with E-state index in [1.54, 1.807) is 23.6 Å². The molecular weight excluding hydrogens is 548 g/mol. The molecule has 1 aliphatic rings. The van der Waals surface area contributed by atoms with E-state index in [1.165, 1.54) is 45.6 Å². The Kier molecular flexibility index (Phi) is 6.35. The zero-order valence-corrected chi connectivity index (χ0v) is 22.7. The van der Waals surface area contributed by atoms with Gasteiger partial charge in [0.15, 0.2) is 10.9 Å². The number of anilines is 1. The summed E-state index contributed by atoms with van der Waals surface area (Å²) in [6.07, 6.45) is 0. The highest BCUT2D eigenvalue weighted by Gasteiger charge is 2.36. The second-order valence-corrected chi connectivity index (χ2v) is 9.85. The molecule has 1 aliphatic carbocycles. The van der Waals surface area contributed by atoms with Crippen molar-refractivity contribution in [3.8, 4) is 28.5 Å². The standard InChI is InChI=1S/C30H20N2O8S/c1-37-16-11-19-25(23(12-16)39-3)27(34)24-18(26(19)33)9-15(10-22(24)38-2)28(35)32-30-31-20(13-41-30)17-8-14-6-4-5-7-21(14)40-29(17)36/h4-13H,1-3H3,(H,31,32,35). The van der Waals surface area contributed by atoms with Crippen molar-refractivity contribution in [2.75, 3.05) is 26.6 Å². The number of ether oxygens (including phenoxy) is 3. The number of nitrogens with zero attached hydrogens (tertiary/aromatic N) is 1. The molecule has 41 heavy (non-hydrogen) atoms. The Morgan fingerprint density at radius 2 is 1.54 bits per heavy atom. The molecule has 1 N–H and O–H groups in total. The summed E-state index contributed by atoms with van der Waals surface area (Å²) in [5.74, 6) is -0.968. The largest absolute Gasteiger partial charge is 0.497 e. The normalized spacial score (nSPS) is 12.1. The van der Waals surface area contributed by atoms with Gasteiger partial charge in [0, 0.05) is 33.5 Å². The second-order valence-electron chi connectivity index (χ2n) is 8.99. The van der Waals surface area contributed by atoms with Crippen LogP contribution in [0.15, 0.2) is 69.2 Å². The molecule has 0 aliphatic heterocycles. The van der Waals surface area contributed by atoms with Crippen LogP contribution in [0.25, 0.3) is 22.2 Å². The predicted octanol–water partition coefficient (Wildman–Crippen LogP) is 4.97. The maximum atomic E-state index is 13.6. The maximum Gasteiger partial charge on any atom is 0.345 e. The fourth-order valence-corrected chi connectivity index (χ4v) is 5.44. The Balaban J connectivity index is 1.34. The topological polar surface area (TPSA) is 134 Å². The van der Waals surface area contributed by atoms with Crippen LogP contribution in [-0.2, 0) is 0 Å². The van der Waals surface area contributed by atoms with E-state index < -0.39 is 23.1 Å². The van der Waals surface area contributed by atoms with Crippen molar-refractivity contribution in [1.29, 1.82) is 0 Å². The van der Waals surface area contributed by atoms with E-state index in [1.807, 2.05) is 12.1 Å². The number of methoxy groups -OCH3 is 3. The monoisotopic (exact) mass is 568 g/mol. The van der Waals surface area contributed by atoms with Crippen molar-refractivity contribution in [2.24, 2.45) is 0 Å². The number of hydrogen-bond donors (Lipinski definition) is 1. The third kappa shape index (κ3) is 4.32. The Bertz CT molecular complexity index is 1970. The minimum Gasteiger partial charge on any atom is -0.497 e. The molecule has 6 rings (SSSR count). The average molecular weight is 569 g/mol. The van der Waals surface area contributed by atoms with Crippen molar-refractivity contribution in [1.82, 2.24) is 4.98 Å². The van der Waals surface area contributed by atoms with Gasteiger partial charge in [-0.15, -0.1) is 11.3 Å². The highest BCUT2D eigenvalue weighted by atomic mass is 32.1. The molecule has 0 saturated heterocycles. The molecule has 0 fully saturated rings. The van der Waals surface area contributed by atoms with Gasteiger partial charge >= 0.3 is 5.63 Å². The molecule has 204 valence electrons. The Morgan fingerprint density at radius 3 is 2.27 bits per heavy atom. The van der Waals surface area contributed by atoms with Crippen molar-refractivity contribution in [2.45, 2.75) is 0 Å². The number of carbonyl (C=O) groups is 3. The predicted molar refractivity (Wildman–Crippen MR) is 151 cm³/mol. The number of thiazole rings is 1. The van der Waals surface area contributed by atoms with Crippen LogP contribution in [-0.4, -0.2) is 43.8 Å². The second kappa shape index (κ2) is 10.0. The number of hydrogen-bond acceptors (Lipinski definition) is 10. The first kappa shape index (κ1) is 26.0. The molecular formula is C30H20N2O8S. The molecule has 0 unspecified atom stereocenters. The minimum atomic E-state index is -0.591. The van der Waals surface area contributed by atoms with Gasteiger partial charge in [0.1, 0.15) is 22.8 Å². The van der Waals surface area contributed by atoms with E-state index in [9.17, 15) is 19.2 Å². The van der Waals surface area contributed by atoms with Crippen LogP contribution in [0.5, 0.6) is 17.2 Å². The van der Waals surface area contributed by atoms with Crippen molar-refractivity contribution < 1.29 is 33.0 Å². The minimum absolute atomic E-state index is 0.0101. The van der Waals surface area contributed by atoms with Crippen LogP contribution >= 0.6 is 11.3 Å². The van der Waals surface area contributed by atoms with Crippen LogP contribution in [0.3, 0.4) is 0 Å². The Labute approximate surface area is 236 Å². The Morgan fingerprint density at radius 1 is 0.829 bits per heavy atom. The van der Waals surface area contributed by atoms with Gasteiger partial charge in [-0.3, -0.25) is 19.7 Å². The number of benzene rings is 3. The smallest absolute Gasteiger partial charge is 0.345 e. The highest BCUT2D eigenvalue weighted by molar-refractivity contribution is 7.14. The van der Waals surface area contributed by atoms with Crippen molar-refractivity contribution in [3.63, 3.8) is 0 Å². The first-order valence-electron chi connectivity index (χ1n) is 12.2. The maximum absolute atomic E-state index is 13.6. The number of amides is 1. The summed E-state index contributed by atoms with van der Waals surface area (Å²) in [4.78, 5) is 57.3. The summed E-state index contributed by atoms with van der Waals surface area (Å²) < 4.78 is 21.5. The van der Waals surface area contributed by atoms with E-state index in [4.69, 9.17) is 18.6 Å². The molecule has 0 spiro atoms. The van der Waals surface area contributed by atoms with Gasteiger partial charge in [-0.2, -0.15) is 0 Å². The number of carbonyl (C=O) groups excluding carboxylic acids is 3. The first-order chi connectivity index (χ1) is 19.8. The SMILES string of the molecule is COc1cc(OC)c2c(c1)C(=O)c1cc(C(=O)Nc3nc(-c4cc5ccccc5oc4=O)cs3)cc(OC)c1C2=O. The summed E-state index contributed by atoms with van der Waals surface area (Å²) in [5, 5.41) is 5.27. The van der Waals surface area contributed by atoms with Gasteiger partial charge in [-0.1, -0.05) is 18.2 Å². The number of ketones is 2. The zero-order chi connectivity index (χ0) is 28.8. The lowest BCUT2D eigenvalue weighted by atomic mass is 9.82. The van der Waals surface area contributed by atoms with Crippen molar-refractivity contribution >= 4 is 44.9 Å². The fourth-order valence-electron chi connectivity index (χ4n) is 4.74. The van der Waals surface area contributed by atoms with E-state index >= 15 is 0 Å². The molecule has 0 atom stereocenters. The average Bonchev–Trinajstić information content (AvgIpc) is 3.45. The lowest BCUT2D eigenvalue weighted by Gasteiger charge is -2.22. The number of fused-ring (bicyclic) bond motifs is 3. The quantitative estimate of drug-likeness (QED) is 0.276. The summed E-state index contributed by atoms with van der Waals surface area (Å²) in [6, 6.07) is 14.5. The van der Waals surface area contributed by atoms with Gasteiger partial charge in [0.25, 0.3) is 5.91 Å². The molecule has 5 aromatic rings.